The van der Waals surface area contributed by atoms with Gasteiger partial charge >= 0.3 is 18.0 Å². The predicted molar refractivity (Wildman–Crippen MR) is 196 cm³/mol. The van der Waals surface area contributed by atoms with E-state index in [0.717, 1.165) is 12.2 Å². The molecule has 0 unspecified atom stereocenters. The number of carbonyl (C=O) groups is 9. The smallest absolute Gasteiger partial charge is 0.328 e. The van der Waals surface area contributed by atoms with Gasteiger partial charge in [-0.2, -0.15) is 0 Å². The van der Waals surface area contributed by atoms with E-state index in [2.05, 4.69) is 16.0 Å². The van der Waals surface area contributed by atoms with Gasteiger partial charge in [0.2, 0.25) is 11.8 Å². The van der Waals surface area contributed by atoms with Crippen molar-refractivity contribution in [2.75, 3.05) is 25.0 Å². The number of primary amides is 1. The molecule has 54 heavy (non-hydrogen) atoms. The van der Waals surface area contributed by atoms with Crippen molar-refractivity contribution in [3.63, 3.8) is 0 Å². The minimum atomic E-state index is -1.21. The molecule has 0 spiro atoms. The summed E-state index contributed by atoms with van der Waals surface area (Å²) in [6.07, 6.45) is 11.1. The predicted octanol–water partition coefficient (Wildman–Crippen LogP) is 2.97. The second-order valence-electron chi connectivity index (χ2n) is 13.2. The number of nitrogens with two attached hydrogens (primary N) is 1. The lowest BCUT2D eigenvalue weighted by atomic mass is 9.61. The molecular weight excluding hydrogens is 702 g/mol. The summed E-state index contributed by atoms with van der Waals surface area (Å²) in [6.45, 7) is 0.351. The van der Waals surface area contributed by atoms with Crippen molar-refractivity contribution in [3.8, 4) is 0 Å². The SMILES string of the molecule is NC(=O)NCCC[C@@H](CC(=O)C1(C(=O)CCCCCCN2C(=O)C=CC2=O)CCC1)C(=O)NCCC(=O)Nc1cc(/C=C/C(=O)O)ccc1/C=C/C(=O)O. The zero-order chi connectivity index (χ0) is 39.7. The Morgan fingerprint density at radius 2 is 1.48 bits per heavy atom. The fourth-order valence-electron chi connectivity index (χ4n) is 6.26. The zero-order valence-corrected chi connectivity index (χ0v) is 30.0. The van der Waals surface area contributed by atoms with Gasteiger partial charge < -0.3 is 31.9 Å². The lowest BCUT2D eigenvalue weighted by molar-refractivity contribution is -0.149. The number of hydrogen-bond acceptors (Lipinski definition) is 9. The van der Waals surface area contributed by atoms with Gasteiger partial charge in [-0.1, -0.05) is 31.4 Å². The van der Waals surface area contributed by atoms with Crippen LogP contribution in [0.5, 0.6) is 0 Å². The Kier molecular flexibility index (Phi) is 16.5. The summed E-state index contributed by atoms with van der Waals surface area (Å²) in [5, 5.41) is 25.7. The van der Waals surface area contributed by atoms with Crippen molar-refractivity contribution in [1.82, 2.24) is 15.5 Å². The second kappa shape index (κ2) is 20.9. The monoisotopic (exact) mass is 749 g/mol. The van der Waals surface area contributed by atoms with E-state index in [4.69, 9.17) is 15.9 Å². The molecule has 1 heterocycles. The lowest BCUT2D eigenvalue weighted by Crippen LogP contribution is -2.47. The first-order valence-electron chi connectivity index (χ1n) is 17.9. The summed E-state index contributed by atoms with van der Waals surface area (Å²) in [6, 6.07) is 3.79. The highest BCUT2D eigenvalue weighted by atomic mass is 16.4. The molecule has 290 valence electrons. The molecule has 1 aliphatic carbocycles. The normalized spacial score (nSPS) is 15.2. The lowest BCUT2D eigenvalue weighted by Gasteiger charge is -2.39. The van der Waals surface area contributed by atoms with Gasteiger partial charge in [0.05, 0.1) is 5.41 Å². The van der Waals surface area contributed by atoms with Gasteiger partial charge in [0.1, 0.15) is 11.6 Å². The number of rotatable bonds is 24. The molecule has 16 nitrogen and oxygen atoms in total. The largest absolute Gasteiger partial charge is 0.478 e. The standard InChI is InChI=1S/C38H47N5O11/c39-37(54)41-20-5-7-27(24-30(45)38(18-6-19-38)29(44)8-3-1-2-4-22-43-32(47)13-14-33(43)48)36(53)40-21-17-31(46)42-28-23-25(10-15-34(49)50)9-11-26(28)12-16-35(51)52/h9-16,23,27H,1-8,17-22,24H2,(H,40,53)(H,42,46)(H,49,50)(H,51,52)(H3,39,41,54)/b15-10+,16-12+/t27-/m0/s1. The number of nitrogens with one attached hydrogen (secondary N) is 3. The number of carboxylic acids is 2. The van der Waals surface area contributed by atoms with E-state index >= 15 is 0 Å². The molecule has 1 aromatic carbocycles. The molecule has 1 fully saturated rings. The summed E-state index contributed by atoms with van der Waals surface area (Å²) in [5.41, 5.74) is 4.97. The quantitative estimate of drug-likeness (QED) is 0.0387. The number of Topliss-reactive ketones (excluding diaryl/α,β-unsaturated/α-hetero) is 2. The Balaban J connectivity index is 1.57. The Morgan fingerprint density at radius 3 is 2.11 bits per heavy atom. The van der Waals surface area contributed by atoms with E-state index in [9.17, 15) is 43.2 Å². The minimum Gasteiger partial charge on any atom is -0.478 e. The fraction of sp³-hybridized carbons (Fsp3) is 0.447. The molecule has 0 bridgehead atoms. The van der Waals surface area contributed by atoms with Crippen molar-refractivity contribution >= 4 is 71.0 Å². The van der Waals surface area contributed by atoms with Crippen LogP contribution in [0, 0.1) is 11.3 Å². The molecule has 1 aliphatic heterocycles. The van der Waals surface area contributed by atoms with Gasteiger partial charge in [-0.05, 0) is 67.9 Å². The van der Waals surface area contributed by atoms with Gasteiger partial charge in [-0.15, -0.1) is 0 Å². The Labute approximate surface area is 312 Å². The van der Waals surface area contributed by atoms with Crippen molar-refractivity contribution in [1.29, 1.82) is 0 Å². The van der Waals surface area contributed by atoms with Crippen LogP contribution in [0.25, 0.3) is 12.2 Å². The number of benzene rings is 1. The number of anilines is 1. The maximum absolute atomic E-state index is 13.7. The Hall–Kier alpha value is -5.93. The number of carboxylic acid groups (broad SMARTS) is 2. The van der Waals surface area contributed by atoms with Crippen LogP contribution in [0.2, 0.25) is 0 Å². The van der Waals surface area contributed by atoms with Gasteiger partial charge in [0, 0.05) is 74.8 Å². The number of urea groups is 1. The molecule has 0 aromatic heterocycles. The molecule has 6 amide bonds. The van der Waals surface area contributed by atoms with Crippen LogP contribution in [0.4, 0.5) is 10.5 Å². The molecule has 1 atom stereocenters. The van der Waals surface area contributed by atoms with Crippen LogP contribution in [0.3, 0.4) is 0 Å². The molecule has 1 saturated carbocycles. The average molecular weight is 750 g/mol. The summed E-state index contributed by atoms with van der Waals surface area (Å²) >= 11 is 0. The number of nitrogens with zero attached hydrogens (tertiary/aromatic N) is 1. The first kappa shape index (κ1) is 42.5. The first-order chi connectivity index (χ1) is 25.7. The van der Waals surface area contributed by atoms with E-state index in [1.54, 1.807) is 6.07 Å². The minimum absolute atomic E-state index is 0.117. The van der Waals surface area contributed by atoms with Crippen LogP contribution in [0.1, 0.15) is 88.2 Å². The maximum Gasteiger partial charge on any atom is 0.328 e. The van der Waals surface area contributed by atoms with Crippen LogP contribution < -0.4 is 21.7 Å². The van der Waals surface area contributed by atoms with Gasteiger partial charge in [0.15, 0.2) is 0 Å². The van der Waals surface area contributed by atoms with Crippen molar-refractivity contribution in [2.24, 2.45) is 17.1 Å². The topological polar surface area (TPSA) is 259 Å². The van der Waals surface area contributed by atoms with Gasteiger partial charge in [0.25, 0.3) is 11.8 Å². The Morgan fingerprint density at radius 1 is 0.815 bits per heavy atom. The summed E-state index contributed by atoms with van der Waals surface area (Å²) in [4.78, 5) is 111. The molecule has 7 N–H and O–H groups in total. The van der Waals surface area contributed by atoms with Crippen LogP contribution in [-0.4, -0.2) is 87.9 Å². The van der Waals surface area contributed by atoms with Crippen LogP contribution in [0.15, 0.2) is 42.5 Å². The summed E-state index contributed by atoms with van der Waals surface area (Å²) in [7, 11) is 0. The summed E-state index contributed by atoms with van der Waals surface area (Å²) in [5.74, 6) is -5.45. The van der Waals surface area contributed by atoms with E-state index in [1.165, 1.54) is 41.3 Å². The average Bonchev–Trinajstić information content (AvgIpc) is 3.41. The number of aliphatic carboxylic acids is 2. The molecule has 2 aliphatic rings. The number of carbonyl (C=O) groups excluding carboxylic acids is 7. The molecule has 3 rings (SSSR count). The highest BCUT2D eigenvalue weighted by Gasteiger charge is 2.49. The number of hydrogen-bond donors (Lipinski definition) is 6. The number of unbranched alkanes of at least 4 members (excludes halogenated alkanes) is 3. The van der Waals surface area contributed by atoms with E-state index in [-0.39, 0.29) is 67.8 Å². The van der Waals surface area contributed by atoms with Crippen LogP contribution >= 0.6 is 0 Å². The van der Waals surface area contributed by atoms with E-state index < -0.39 is 41.1 Å². The third-order valence-electron chi connectivity index (χ3n) is 9.37. The van der Waals surface area contributed by atoms with Gasteiger partial charge in [-0.3, -0.25) is 33.7 Å². The molecule has 0 radical (unpaired) electrons. The number of amides is 6. The fourth-order valence-corrected chi connectivity index (χ4v) is 6.26. The summed E-state index contributed by atoms with van der Waals surface area (Å²) < 4.78 is 0. The van der Waals surface area contributed by atoms with Gasteiger partial charge in [-0.25, -0.2) is 14.4 Å². The number of imide groups is 1. The Bertz CT molecular complexity index is 1690. The van der Waals surface area contributed by atoms with Crippen molar-refractivity contribution in [3.05, 3.63) is 53.6 Å². The molecule has 1 aromatic rings. The zero-order valence-electron chi connectivity index (χ0n) is 30.0. The third kappa shape index (κ3) is 13.2. The maximum atomic E-state index is 13.7. The van der Waals surface area contributed by atoms with Crippen molar-refractivity contribution in [2.45, 2.75) is 77.0 Å². The third-order valence-corrected chi connectivity index (χ3v) is 9.37. The highest BCUT2D eigenvalue weighted by Crippen LogP contribution is 2.45. The second-order valence-corrected chi connectivity index (χ2v) is 13.2. The van der Waals surface area contributed by atoms with E-state index in [0.29, 0.717) is 69.0 Å². The highest BCUT2D eigenvalue weighted by molar-refractivity contribution is 6.13. The first-order valence-corrected chi connectivity index (χ1v) is 17.9. The molecular formula is C38H47N5O11. The molecule has 0 saturated heterocycles. The number of ketones is 2. The van der Waals surface area contributed by atoms with Crippen molar-refractivity contribution < 1.29 is 53.4 Å². The van der Waals surface area contributed by atoms with E-state index in [1.807, 2.05) is 0 Å². The molecule has 16 heteroatoms. The van der Waals surface area contributed by atoms with Crippen LogP contribution in [-0.2, 0) is 38.4 Å².